The predicted molar refractivity (Wildman–Crippen MR) is 133 cm³/mol. The number of aliphatic hydroxyl groups is 3. The Balaban J connectivity index is 1.41. The first-order valence-electron chi connectivity index (χ1n) is 14.1. The van der Waals surface area contributed by atoms with Crippen molar-refractivity contribution >= 4 is 0 Å². The second-order valence-corrected chi connectivity index (χ2v) is 14.3. The standard InChI is InChI=1S/C30H50O3/c1-16(2)18(4)28(5)14-24(28)17(3)22-10-11-23-21-9-8-19-12-20(31)13-26(33)30(19,7)27(21)25(32)15-29(22,23)6/h8,16-18,20-27,31-33H,9-15H2,1-7H3/t17-,18+,20+,21?,22+,23?,24?,25+,26-,27?,28+,29+,30+/m0/s1. The molecular formula is C30H50O3. The van der Waals surface area contributed by atoms with Crippen LogP contribution in [0.15, 0.2) is 11.6 Å². The fourth-order valence-electron chi connectivity index (χ4n) is 10.5. The number of hydrogen-bond acceptors (Lipinski definition) is 3. The van der Waals surface area contributed by atoms with Crippen molar-refractivity contribution < 1.29 is 15.3 Å². The van der Waals surface area contributed by atoms with Crippen LogP contribution in [0.25, 0.3) is 0 Å². The minimum atomic E-state index is -0.555. The molecule has 0 aliphatic heterocycles. The molecule has 0 saturated heterocycles. The molecule has 5 aliphatic rings. The fourth-order valence-corrected chi connectivity index (χ4v) is 10.5. The maximum absolute atomic E-state index is 11.7. The van der Waals surface area contributed by atoms with E-state index >= 15 is 0 Å². The zero-order chi connectivity index (χ0) is 24.1. The van der Waals surface area contributed by atoms with Crippen molar-refractivity contribution in [3.8, 4) is 0 Å². The summed E-state index contributed by atoms with van der Waals surface area (Å²) in [5.41, 5.74) is 1.51. The lowest BCUT2D eigenvalue weighted by atomic mass is 9.45. The SMILES string of the molecule is CC(C)[C@@H](C)[C@@]1(C)CC1[C@@H](C)[C@H]1CCC2C3CC=C4C[C@@H](O)C[C@H](O)[C@]4(C)C3[C@H](O)C[C@@]21C. The van der Waals surface area contributed by atoms with Crippen LogP contribution < -0.4 is 0 Å². The normalized spacial score (nSPS) is 55.3. The van der Waals surface area contributed by atoms with Gasteiger partial charge in [-0.1, -0.05) is 60.1 Å². The van der Waals surface area contributed by atoms with E-state index in [1.165, 1.54) is 24.8 Å². The number of rotatable bonds is 4. The van der Waals surface area contributed by atoms with E-state index in [0.29, 0.717) is 36.0 Å². The molecule has 0 spiro atoms. The molecule has 0 radical (unpaired) electrons. The van der Waals surface area contributed by atoms with Crippen molar-refractivity contribution in [2.24, 2.45) is 63.6 Å². The molecule has 5 aliphatic carbocycles. The molecule has 3 heteroatoms. The van der Waals surface area contributed by atoms with Gasteiger partial charge in [-0.15, -0.1) is 0 Å². The van der Waals surface area contributed by atoms with Crippen LogP contribution in [-0.4, -0.2) is 33.6 Å². The Hall–Kier alpha value is -0.380. The minimum absolute atomic E-state index is 0.124. The highest BCUT2D eigenvalue weighted by Gasteiger charge is 2.66. The number of allylic oxidation sites excluding steroid dienone is 1. The molecule has 0 heterocycles. The van der Waals surface area contributed by atoms with Gasteiger partial charge in [0.2, 0.25) is 0 Å². The lowest BCUT2D eigenvalue weighted by Crippen LogP contribution is -2.60. The van der Waals surface area contributed by atoms with E-state index in [1.807, 2.05) is 0 Å². The highest BCUT2D eigenvalue weighted by atomic mass is 16.3. The summed E-state index contributed by atoms with van der Waals surface area (Å²) in [7, 11) is 0. The maximum Gasteiger partial charge on any atom is 0.0659 e. The average Bonchev–Trinajstić information content (AvgIpc) is 3.30. The molecule has 188 valence electrons. The van der Waals surface area contributed by atoms with Gasteiger partial charge in [-0.3, -0.25) is 0 Å². The van der Waals surface area contributed by atoms with Gasteiger partial charge in [-0.2, -0.15) is 0 Å². The Morgan fingerprint density at radius 3 is 2.30 bits per heavy atom. The number of fused-ring (bicyclic) bond motifs is 5. The van der Waals surface area contributed by atoms with Crippen LogP contribution in [0.3, 0.4) is 0 Å². The van der Waals surface area contributed by atoms with Crippen LogP contribution in [0.5, 0.6) is 0 Å². The van der Waals surface area contributed by atoms with Gasteiger partial charge in [0.05, 0.1) is 18.3 Å². The van der Waals surface area contributed by atoms with Crippen LogP contribution >= 0.6 is 0 Å². The van der Waals surface area contributed by atoms with Gasteiger partial charge >= 0.3 is 0 Å². The third-order valence-corrected chi connectivity index (χ3v) is 12.8. The van der Waals surface area contributed by atoms with Crippen molar-refractivity contribution in [3.63, 3.8) is 0 Å². The molecule has 13 atom stereocenters. The molecule has 0 aromatic heterocycles. The summed E-state index contributed by atoms with van der Waals surface area (Å²) in [4.78, 5) is 0. The van der Waals surface area contributed by atoms with E-state index < -0.39 is 12.2 Å². The molecule has 0 bridgehead atoms. The van der Waals surface area contributed by atoms with Crippen molar-refractivity contribution in [1.82, 2.24) is 0 Å². The predicted octanol–water partition coefficient (Wildman–Crippen LogP) is 5.82. The topological polar surface area (TPSA) is 60.7 Å². The van der Waals surface area contributed by atoms with Crippen molar-refractivity contribution in [2.45, 2.75) is 112 Å². The lowest BCUT2D eigenvalue weighted by molar-refractivity contribution is -0.160. The molecule has 4 saturated carbocycles. The molecule has 0 aromatic carbocycles. The van der Waals surface area contributed by atoms with Gasteiger partial charge in [0.25, 0.3) is 0 Å². The molecule has 0 amide bonds. The maximum atomic E-state index is 11.7. The second kappa shape index (κ2) is 7.81. The second-order valence-electron chi connectivity index (χ2n) is 14.3. The quantitative estimate of drug-likeness (QED) is 0.465. The summed E-state index contributed by atoms with van der Waals surface area (Å²) in [6, 6.07) is 0. The largest absolute Gasteiger partial charge is 0.393 e. The first-order chi connectivity index (χ1) is 15.4. The van der Waals surface area contributed by atoms with Gasteiger partial charge in [0.15, 0.2) is 0 Å². The molecule has 33 heavy (non-hydrogen) atoms. The lowest BCUT2D eigenvalue weighted by Gasteiger charge is -2.61. The Morgan fingerprint density at radius 2 is 1.64 bits per heavy atom. The zero-order valence-electron chi connectivity index (χ0n) is 22.2. The molecular weight excluding hydrogens is 408 g/mol. The van der Waals surface area contributed by atoms with E-state index in [2.05, 4.69) is 54.5 Å². The smallest absolute Gasteiger partial charge is 0.0659 e. The molecule has 4 unspecified atom stereocenters. The fraction of sp³-hybridized carbons (Fsp3) is 0.933. The average molecular weight is 459 g/mol. The van der Waals surface area contributed by atoms with Gasteiger partial charge in [0, 0.05) is 11.8 Å². The van der Waals surface area contributed by atoms with E-state index in [1.54, 1.807) is 0 Å². The molecule has 5 rings (SSSR count). The molecule has 0 aromatic rings. The van der Waals surface area contributed by atoms with Crippen LogP contribution in [0.2, 0.25) is 0 Å². The van der Waals surface area contributed by atoms with Gasteiger partial charge in [0.1, 0.15) is 0 Å². The summed E-state index contributed by atoms with van der Waals surface area (Å²) in [6.45, 7) is 17.0. The monoisotopic (exact) mass is 458 g/mol. The van der Waals surface area contributed by atoms with E-state index in [-0.39, 0.29) is 22.9 Å². The van der Waals surface area contributed by atoms with E-state index in [0.717, 1.165) is 36.5 Å². The van der Waals surface area contributed by atoms with Gasteiger partial charge in [-0.25, -0.2) is 0 Å². The summed E-state index contributed by atoms with van der Waals surface area (Å²) in [6.07, 6.45) is 7.95. The summed E-state index contributed by atoms with van der Waals surface area (Å²) in [5.74, 6) is 4.95. The van der Waals surface area contributed by atoms with Crippen LogP contribution in [0.1, 0.15) is 93.4 Å². The third-order valence-electron chi connectivity index (χ3n) is 12.8. The highest BCUT2D eigenvalue weighted by Crippen LogP contribution is 2.71. The molecule has 4 fully saturated rings. The van der Waals surface area contributed by atoms with Gasteiger partial charge in [-0.05, 0) is 96.7 Å². The highest BCUT2D eigenvalue weighted by molar-refractivity contribution is 5.29. The van der Waals surface area contributed by atoms with Gasteiger partial charge < -0.3 is 15.3 Å². The van der Waals surface area contributed by atoms with Crippen LogP contribution in [-0.2, 0) is 0 Å². The Bertz CT molecular complexity index is 804. The summed E-state index contributed by atoms with van der Waals surface area (Å²) < 4.78 is 0. The molecule has 3 N–H and O–H groups in total. The van der Waals surface area contributed by atoms with E-state index in [9.17, 15) is 15.3 Å². The van der Waals surface area contributed by atoms with Crippen molar-refractivity contribution in [1.29, 1.82) is 0 Å². The zero-order valence-corrected chi connectivity index (χ0v) is 22.2. The number of aliphatic hydroxyl groups excluding tert-OH is 3. The first kappa shape index (κ1) is 24.3. The van der Waals surface area contributed by atoms with E-state index in [4.69, 9.17) is 0 Å². The first-order valence-corrected chi connectivity index (χ1v) is 14.1. The summed E-state index contributed by atoms with van der Waals surface area (Å²) in [5, 5.41) is 33.2. The Morgan fingerprint density at radius 1 is 0.939 bits per heavy atom. The molecule has 3 nitrogen and oxygen atoms in total. The Kier molecular flexibility index (Phi) is 5.75. The Labute approximate surface area is 202 Å². The van der Waals surface area contributed by atoms with Crippen molar-refractivity contribution in [3.05, 3.63) is 11.6 Å². The minimum Gasteiger partial charge on any atom is -0.393 e. The van der Waals surface area contributed by atoms with Crippen LogP contribution in [0.4, 0.5) is 0 Å². The van der Waals surface area contributed by atoms with Crippen LogP contribution in [0, 0.1) is 63.6 Å². The number of hydrogen-bond donors (Lipinski definition) is 3. The third kappa shape index (κ3) is 3.30. The van der Waals surface area contributed by atoms with Crippen molar-refractivity contribution in [2.75, 3.05) is 0 Å². The summed E-state index contributed by atoms with van der Waals surface area (Å²) >= 11 is 0.